The first-order valence-corrected chi connectivity index (χ1v) is 7.35. The van der Waals surface area contributed by atoms with E-state index in [0.29, 0.717) is 19.5 Å². The van der Waals surface area contributed by atoms with Crippen molar-refractivity contribution in [3.8, 4) is 0 Å². The highest BCUT2D eigenvalue weighted by Gasteiger charge is 2.32. The Morgan fingerprint density at radius 1 is 1.47 bits per heavy atom. The number of halogens is 2. The standard InChI is InChI=1S/C10H12BrFN2O2S/c11-9-5-7(12)1-2-10(9)17(15,16)14-4-3-8(13)6-14/h1-2,5,8H,3-4,6,13H2/t8-/m1/s1. The summed E-state index contributed by atoms with van der Waals surface area (Å²) in [6, 6.07) is 3.42. The Balaban J connectivity index is 2.38. The van der Waals surface area contributed by atoms with E-state index in [4.69, 9.17) is 5.73 Å². The quantitative estimate of drug-likeness (QED) is 0.893. The molecule has 94 valence electrons. The summed E-state index contributed by atoms with van der Waals surface area (Å²) in [5, 5.41) is 0. The van der Waals surface area contributed by atoms with Crippen molar-refractivity contribution in [2.75, 3.05) is 13.1 Å². The fraction of sp³-hybridized carbons (Fsp3) is 0.400. The molecule has 1 aromatic rings. The van der Waals surface area contributed by atoms with E-state index < -0.39 is 15.8 Å². The molecule has 1 aliphatic heterocycles. The second kappa shape index (κ2) is 4.64. The van der Waals surface area contributed by atoms with E-state index in [9.17, 15) is 12.8 Å². The molecule has 1 heterocycles. The maximum Gasteiger partial charge on any atom is 0.244 e. The van der Waals surface area contributed by atoms with E-state index in [2.05, 4.69) is 15.9 Å². The first-order valence-electron chi connectivity index (χ1n) is 5.12. The lowest BCUT2D eigenvalue weighted by atomic mass is 10.3. The molecule has 0 amide bonds. The van der Waals surface area contributed by atoms with E-state index >= 15 is 0 Å². The lowest BCUT2D eigenvalue weighted by molar-refractivity contribution is 0.472. The highest BCUT2D eigenvalue weighted by Crippen LogP contribution is 2.27. The normalized spacial score (nSPS) is 21.9. The van der Waals surface area contributed by atoms with Crippen LogP contribution in [0.2, 0.25) is 0 Å². The fourth-order valence-electron chi connectivity index (χ4n) is 1.80. The van der Waals surface area contributed by atoms with E-state index in [-0.39, 0.29) is 15.4 Å². The molecule has 0 saturated carbocycles. The van der Waals surface area contributed by atoms with Crippen LogP contribution in [-0.2, 0) is 10.0 Å². The summed E-state index contributed by atoms with van der Waals surface area (Å²) in [5.74, 6) is -0.478. The van der Waals surface area contributed by atoms with Crippen molar-refractivity contribution in [3.63, 3.8) is 0 Å². The number of benzene rings is 1. The first kappa shape index (κ1) is 12.9. The number of nitrogens with two attached hydrogens (primary N) is 1. The third-order valence-electron chi connectivity index (χ3n) is 2.70. The number of nitrogens with zero attached hydrogens (tertiary/aromatic N) is 1. The van der Waals surface area contributed by atoms with Gasteiger partial charge in [-0.05, 0) is 40.5 Å². The number of hydrogen-bond acceptors (Lipinski definition) is 3. The molecular formula is C10H12BrFN2O2S. The number of sulfonamides is 1. The van der Waals surface area contributed by atoms with E-state index in [1.807, 2.05) is 0 Å². The summed E-state index contributed by atoms with van der Waals surface area (Å²) in [6.45, 7) is 0.722. The smallest absolute Gasteiger partial charge is 0.244 e. The van der Waals surface area contributed by atoms with Crippen molar-refractivity contribution in [2.45, 2.75) is 17.4 Å². The second-order valence-electron chi connectivity index (χ2n) is 3.99. The van der Waals surface area contributed by atoms with Crippen LogP contribution in [0, 0.1) is 5.82 Å². The zero-order valence-corrected chi connectivity index (χ0v) is 11.3. The first-order chi connectivity index (χ1) is 7.91. The third kappa shape index (κ3) is 2.52. The molecule has 0 spiro atoms. The van der Waals surface area contributed by atoms with Gasteiger partial charge in [0.2, 0.25) is 10.0 Å². The Bertz CT molecular complexity index is 535. The molecule has 1 saturated heterocycles. The van der Waals surface area contributed by atoms with Crippen LogP contribution in [-0.4, -0.2) is 31.9 Å². The summed E-state index contributed by atoms with van der Waals surface area (Å²) >= 11 is 3.07. The largest absolute Gasteiger partial charge is 0.326 e. The van der Waals surface area contributed by atoms with Crippen LogP contribution in [0.25, 0.3) is 0 Å². The summed E-state index contributed by atoms with van der Waals surface area (Å²) in [7, 11) is -3.58. The van der Waals surface area contributed by atoms with Crippen LogP contribution < -0.4 is 5.73 Å². The van der Waals surface area contributed by atoms with Crippen LogP contribution >= 0.6 is 15.9 Å². The van der Waals surface area contributed by atoms with Crippen molar-refractivity contribution in [3.05, 3.63) is 28.5 Å². The van der Waals surface area contributed by atoms with Gasteiger partial charge in [-0.15, -0.1) is 0 Å². The van der Waals surface area contributed by atoms with Crippen molar-refractivity contribution in [1.29, 1.82) is 0 Å². The van der Waals surface area contributed by atoms with Crippen molar-refractivity contribution < 1.29 is 12.8 Å². The van der Waals surface area contributed by atoms with Gasteiger partial charge < -0.3 is 5.73 Å². The van der Waals surface area contributed by atoms with Gasteiger partial charge in [0.1, 0.15) is 5.82 Å². The van der Waals surface area contributed by atoms with Gasteiger partial charge in [-0.1, -0.05) is 0 Å². The molecule has 0 radical (unpaired) electrons. The SMILES string of the molecule is N[C@@H]1CCN(S(=O)(=O)c2ccc(F)cc2Br)C1. The molecule has 2 rings (SSSR count). The van der Waals surface area contributed by atoms with Gasteiger partial charge >= 0.3 is 0 Å². The van der Waals surface area contributed by atoms with Crippen molar-refractivity contribution >= 4 is 26.0 Å². The molecule has 4 nitrogen and oxygen atoms in total. The average molecular weight is 323 g/mol. The Labute approximate surface area is 108 Å². The lowest BCUT2D eigenvalue weighted by Gasteiger charge is -2.16. The minimum Gasteiger partial charge on any atom is -0.326 e. The van der Waals surface area contributed by atoms with Gasteiger partial charge in [-0.3, -0.25) is 0 Å². The molecule has 2 N–H and O–H groups in total. The maximum atomic E-state index is 12.9. The minimum absolute atomic E-state index is 0.0769. The molecule has 1 atom stereocenters. The van der Waals surface area contributed by atoms with Gasteiger partial charge in [0, 0.05) is 23.6 Å². The zero-order valence-electron chi connectivity index (χ0n) is 8.94. The predicted molar refractivity (Wildman–Crippen MR) is 65.5 cm³/mol. The van der Waals surface area contributed by atoms with E-state index in [1.165, 1.54) is 10.4 Å². The highest BCUT2D eigenvalue weighted by atomic mass is 79.9. The Hall–Kier alpha value is -0.500. The van der Waals surface area contributed by atoms with Crippen molar-refractivity contribution in [1.82, 2.24) is 4.31 Å². The van der Waals surface area contributed by atoms with Crippen LogP contribution in [0.15, 0.2) is 27.6 Å². The van der Waals surface area contributed by atoms with Crippen LogP contribution in [0.3, 0.4) is 0 Å². The van der Waals surface area contributed by atoms with Gasteiger partial charge in [0.05, 0.1) is 4.90 Å². The number of rotatable bonds is 2. The van der Waals surface area contributed by atoms with Crippen LogP contribution in [0.1, 0.15) is 6.42 Å². The van der Waals surface area contributed by atoms with Gasteiger partial charge in [0.15, 0.2) is 0 Å². The molecule has 0 aromatic heterocycles. The van der Waals surface area contributed by atoms with Crippen LogP contribution in [0.4, 0.5) is 4.39 Å². The number of hydrogen-bond donors (Lipinski definition) is 1. The molecule has 0 aliphatic carbocycles. The molecule has 0 unspecified atom stereocenters. The third-order valence-corrected chi connectivity index (χ3v) is 5.54. The topological polar surface area (TPSA) is 63.4 Å². The molecule has 1 aromatic carbocycles. The fourth-order valence-corrected chi connectivity index (χ4v) is 4.32. The van der Waals surface area contributed by atoms with Gasteiger partial charge in [0.25, 0.3) is 0 Å². The predicted octanol–water partition coefficient (Wildman–Crippen LogP) is 1.31. The molecule has 1 aliphatic rings. The summed E-state index contributed by atoms with van der Waals surface area (Å²) in [5.41, 5.74) is 5.68. The Morgan fingerprint density at radius 3 is 2.71 bits per heavy atom. The minimum atomic E-state index is -3.58. The van der Waals surface area contributed by atoms with E-state index in [1.54, 1.807) is 0 Å². The van der Waals surface area contributed by atoms with Crippen molar-refractivity contribution in [2.24, 2.45) is 5.73 Å². The molecular weight excluding hydrogens is 311 g/mol. The molecule has 1 fully saturated rings. The zero-order chi connectivity index (χ0) is 12.6. The average Bonchev–Trinajstić information content (AvgIpc) is 2.64. The second-order valence-corrected chi connectivity index (χ2v) is 6.75. The monoisotopic (exact) mass is 322 g/mol. The van der Waals surface area contributed by atoms with Crippen LogP contribution in [0.5, 0.6) is 0 Å². The van der Waals surface area contributed by atoms with E-state index in [0.717, 1.165) is 12.1 Å². The van der Waals surface area contributed by atoms with Gasteiger partial charge in [-0.25, -0.2) is 12.8 Å². The molecule has 0 bridgehead atoms. The molecule has 7 heteroatoms. The Kier molecular flexibility index (Phi) is 3.53. The maximum absolute atomic E-state index is 12.9. The van der Waals surface area contributed by atoms with Gasteiger partial charge in [-0.2, -0.15) is 4.31 Å². The molecule has 17 heavy (non-hydrogen) atoms. The highest BCUT2D eigenvalue weighted by molar-refractivity contribution is 9.10. The lowest BCUT2D eigenvalue weighted by Crippen LogP contribution is -2.32. The Morgan fingerprint density at radius 2 is 2.18 bits per heavy atom. The summed E-state index contributed by atoms with van der Waals surface area (Å²) < 4.78 is 38.9. The summed E-state index contributed by atoms with van der Waals surface area (Å²) in [4.78, 5) is 0.0769. The summed E-state index contributed by atoms with van der Waals surface area (Å²) in [6.07, 6.45) is 0.651.